The molecule has 2 N–H and O–H groups in total. The van der Waals surface area contributed by atoms with Crippen LogP contribution in [0, 0.1) is 15.9 Å². The molecule has 0 aromatic heterocycles. The van der Waals surface area contributed by atoms with Gasteiger partial charge in [-0.2, -0.15) is 0 Å². The van der Waals surface area contributed by atoms with E-state index in [1.165, 1.54) is 6.07 Å². The highest BCUT2D eigenvalue weighted by Gasteiger charge is 2.26. The van der Waals surface area contributed by atoms with E-state index in [0.29, 0.717) is 6.42 Å². The van der Waals surface area contributed by atoms with Gasteiger partial charge >= 0.3 is 0 Å². The minimum absolute atomic E-state index is 0.374. The van der Waals surface area contributed by atoms with E-state index >= 15 is 0 Å². The number of para-hydroxylation sites is 1. The van der Waals surface area contributed by atoms with E-state index < -0.39 is 28.4 Å². The van der Waals surface area contributed by atoms with E-state index in [0.717, 1.165) is 25.1 Å². The van der Waals surface area contributed by atoms with Crippen LogP contribution < -0.4 is 10.6 Å². The Hall–Kier alpha value is -2.02. The van der Waals surface area contributed by atoms with Gasteiger partial charge in [0.15, 0.2) is 11.5 Å². The predicted octanol–water partition coefficient (Wildman–Crippen LogP) is 1.42. The van der Waals surface area contributed by atoms with E-state index in [2.05, 4.69) is 10.6 Å². The van der Waals surface area contributed by atoms with Crippen molar-refractivity contribution < 1.29 is 14.1 Å². The van der Waals surface area contributed by atoms with Crippen LogP contribution in [0.5, 0.6) is 0 Å². The Morgan fingerprint density at radius 2 is 2.33 bits per heavy atom. The summed E-state index contributed by atoms with van der Waals surface area (Å²) in [5.41, 5.74) is -0.817. The van der Waals surface area contributed by atoms with Crippen molar-refractivity contribution in [1.29, 1.82) is 0 Å². The summed E-state index contributed by atoms with van der Waals surface area (Å²) in [4.78, 5) is 21.8. The number of amides is 1. The van der Waals surface area contributed by atoms with Crippen LogP contribution in [0.25, 0.3) is 0 Å². The molecule has 0 radical (unpaired) electrons. The van der Waals surface area contributed by atoms with Crippen LogP contribution in [0.1, 0.15) is 12.8 Å². The first-order valence-electron chi connectivity index (χ1n) is 5.57. The molecule has 7 heteroatoms. The summed E-state index contributed by atoms with van der Waals surface area (Å²) in [5, 5.41) is 16.0. The van der Waals surface area contributed by atoms with Gasteiger partial charge < -0.3 is 10.6 Å². The van der Waals surface area contributed by atoms with Crippen LogP contribution in [0.3, 0.4) is 0 Å². The molecule has 1 fully saturated rings. The zero-order valence-corrected chi connectivity index (χ0v) is 9.48. The number of carbonyl (C=O) groups excluding carboxylic acids is 1. The predicted molar refractivity (Wildman–Crippen MR) is 62.7 cm³/mol. The van der Waals surface area contributed by atoms with Crippen molar-refractivity contribution in [2.75, 3.05) is 11.9 Å². The van der Waals surface area contributed by atoms with Crippen LogP contribution in [-0.4, -0.2) is 23.4 Å². The standard InChI is InChI=1S/C11H12FN3O3/c12-7-3-1-5-9(15(17)18)10(7)14-11(16)8-4-2-6-13-8/h1,3,5,8,13H,2,4,6H2,(H,14,16)/t8-/m1/s1. The van der Waals surface area contributed by atoms with Gasteiger partial charge in [0.2, 0.25) is 5.91 Å². The Morgan fingerprint density at radius 1 is 1.56 bits per heavy atom. The first-order chi connectivity index (χ1) is 8.59. The maximum absolute atomic E-state index is 13.5. The summed E-state index contributed by atoms with van der Waals surface area (Å²) in [6, 6.07) is 3.05. The first-order valence-corrected chi connectivity index (χ1v) is 5.57. The molecule has 0 bridgehead atoms. The molecule has 96 valence electrons. The Bertz CT molecular complexity index is 486. The highest BCUT2D eigenvalue weighted by molar-refractivity contribution is 5.97. The molecule has 1 saturated heterocycles. The summed E-state index contributed by atoms with van der Waals surface area (Å²) >= 11 is 0. The van der Waals surface area contributed by atoms with Gasteiger partial charge in [0.1, 0.15) is 0 Å². The van der Waals surface area contributed by atoms with Crippen LogP contribution in [0.15, 0.2) is 18.2 Å². The maximum Gasteiger partial charge on any atom is 0.295 e. The summed E-state index contributed by atoms with van der Waals surface area (Å²) in [5.74, 6) is -1.25. The van der Waals surface area contributed by atoms with E-state index in [-0.39, 0.29) is 5.69 Å². The van der Waals surface area contributed by atoms with Gasteiger partial charge in [0.25, 0.3) is 5.69 Å². The number of nitrogens with one attached hydrogen (secondary N) is 2. The molecular weight excluding hydrogens is 241 g/mol. The maximum atomic E-state index is 13.5. The SMILES string of the molecule is O=C(Nc1c(F)cccc1[N+](=O)[O-])[C@H]1CCCN1. The Balaban J connectivity index is 2.22. The van der Waals surface area contributed by atoms with Gasteiger partial charge in [-0.1, -0.05) is 6.07 Å². The molecule has 0 aliphatic carbocycles. The van der Waals surface area contributed by atoms with E-state index in [1.807, 2.05) is 0 Å². The Labute approximate surface area is 102 Å². The third kappa shape index (κ3) is 2.45. The lowest BCUT2D eigenvalue weighted by atomic mass is 10.2. The molecule has 1 amide bonds. The number of nitro groups is 1. The lowest BCUT2D eigenvalue weighted by molar-refractivity contribution is -0.384. The second-order valence-electron chi connectivity index (χ2n) is 4.03. The van der Waals surface area contributed by atoms with Gasteiger partial charge in [-0.05, 0) is 25.5 Å². The zero-order valence-electron chi connectivity index (χ0n) is 9.48. The smallest absolute Gasteiger partial charge is 0.295 e. The summed E-state index contributed by atoms with van der Waals surface area (Å²) in [6.07, 6.45) is 1.51. The number of nitrogens with zero attached hydrogens (tertiary/aromatic N) is 1. The van der Waals surface area contributed by atoms with Crippen molar-refractivity contribution in [3.8, 4) is 0 Å². The number of anilines is 1. The topological polar surface area (TPSA) is 84.3 Å². The van der Waals surface area contributed by atoms with Gasteiger partial charge in [-0.3, -0.25) is 14.9 Å². The molecule has 0 saturated carbocycles. The van der Waals surface area contributed by atoms with E-state index in [9.17, 15) is 19.3 Å². The highest BCUT2D eigenvalue weighted by Crippen LogP contribution is 2.27. The number of hydrogen-bond acceptors (Lipinski definition) is 4. The number of nitro benzene ring substituents is 1. The molecule has 6 nitrogen and oxygen atoms in total. The highest BCUT2D eigenvalue weighted by atomic mass is 19.1. The fourth-order valence-electron chi connectivity index (χ4n) is 1.91. The molecular formula is C11H12FN3O3. The summed E-state index contributed by atoms with van der Waals surface area (Å²) in [7, 11) is 0. The summed E-state index contributed by atoms with van der Waals surface area (Å²) < 4.78 is 13.5. The molecule has 1 heterocycles. The average molecular weight is 253 g/mol. The normalized spacial score (nSPS) is 18.6. The van der Waals surface area contributed by atoms with E-state index in [4.69, 9.17) is 0 Å². The second kappa shape index (κ2) is 5.09. The summed E-state index contributed by atoms with van der Waals surface area (Å²) in [6.45, 7) is 0.720. The molecule has 0 unspecified atom stereocenters. The number of carbonyl (C=O) groups is 1. The van der Waals surface area contributed by atoms with E-state index in [1.54, 1.807) is 0 Å². The number of hydrogen-bond donors (Lipinski definition) is 2. The van der Waals surface area contributed by atoms with Crippen LogP contribution in [0.2, 0.25) is 0 Å². The van der Waals surface area contributed by atoms with Gasteiger partial charge in [-0.15, -0.1) is 0 Å². The lowest BCUT2D eigenvalue weighted by Crippen LogP contribution is -2.35. The number of rotatable bonds is 3. The van der Waals surface area contributed by atoms with Crippen LogP contribution in [-0.2, 0) is 4.79 Å². The second-order valence-corrected chi connectivity index (χ2v) is 4.03. The quantitative estimate of drug-likeness (QED) is 0.630. The van der Waals surface area contributed by atoms with Gasteiger partial charge in [0.05, 0.1) is 11.0 Å². The molecule has 18 heavy (non-hydrogen) atoms. The number of halogens is 1. The van der Waals surface area contributed by atoms with Crippen molar-refractivity contribution in [2.45, 2.75) is 18.9 Å². The largest absolute Gasteiger partial charge is 0.317 e. The molecule has 2 rings (SSSR count). The first kappa shape index (κ1) is 12.4. The molecule has 1 aromatic rings. The Kier molecular flexibility index (Phi) is 3.52. The third-order valence-corrected chi connectivity index (χ3v) is 2.81. The minimum atomic E-state index is -0.810. The van der Waals surface area contributed by atoms with Crippen LogP contribution >= 0.6 is 0 Å². The van der Waals surface area contributed by atoms with Crippen LogP contribution in [0.4, 0.5) is 15.8 Å². The van der Waals surface area contributed by atoms with Crippen molar-refractivity contribution in [3.63, 3.8) is 0 Å². The number of benzene rings is 1. The third-order valence-electron chi connectivity index (χ3n) is 2.81. The Morgan fingerprint density at radius 3 is 2.94 bits per heavy atom. The minimum Gasteiger partial charge on any atom is -0.317 e. The average Bonchev–Trinajstić information content (AvgIpc) is 2.85. The fourth-order valence-corrected chi connectivity index (χ4v) is 1.91. The molecule has 0 spiro atoms. The molecule has 1 aliphatic rings. The van der Waals surface area contributed by atoms with Gasteiger partial charge in [0, 0.05) is 6.07 Å². The van der Waals surface area contributed by atoms with Crippen molar-refractivity contribution in [3.05, 3.63) is 34.1 Å². The molecule has 1 atom stereocenters. The molecule has 1 aliphatic heterocycles. The molecule has 1 aromatic carbocycles. The van der Waals surface area contributed by atoms with Crippen molar-refractivity contribution in [1.82, 2.24) is 5.32 Å². The van der Waals surface area contributed by atoms with Gasteiger partial charge in [-0.25, -0.2) is 4.39 Å². The zero-order chi connectivity index (χ0) is 13.1. The fraction of sp³-hybridized carbons (Fsp3) is 0.364. The van der Waals surface area contributed by atoms with Crippen molar-refractivity contribution in [2.24, 2.45) is 0 Å². The van der Waals surface area contributed by atoms with Crippen molar-refractivity contribution >= 4 is 17.3 Å². The lowest BCUT2D eigenvalue weighted by Gasteiger charge is -2.11. The monoisotopic (exact) mass is 253 g/mol.